The maximum Gasteiger partial charge on any atom is 0.225 e. The third-order valence-electron chi connectivity index (χ3n) is 5.31. The highest BCUT2D eigenvalue weighted by Gasteiger charge is 2.34. The van der Waals surface area contributed by atoms with Gasteiger partial charge in [0.2, 0.25) is 15.7 Å². The van der Waals surface area contributed by atoms with Gasteiger partial charge in [-0.25, -0.2) is 8.42 Å². The van der Waals surface area contributed by atoms with Gasteiger partial charge < -0.3 is 19.5 Å². The normalized spacial score (nSPS) is 15.6. The van der Waals surface area contributed by atoms with Crippen LogP contribution >= 0.6 is 11.3 Å². The molecule has 2 heterocycles. The number of carbonyl (C=O) groups excluding carboxylic acids is 1. The van der Waals surface area contributed by atoms with Crippen LogP contribution in [-0.2, 0) is 14.6 Å². The molecule has 0 saturated heterocycles. The van der Waals surface area contributed by atoms with Crippen LogP contribution in [0.4, 0.5) is 5.69 Å². The lowest BCUT2D eigenvalue weighted by atomic mass is 9.90. The van der Waals surface area contributed by atoms with Gasteiger partial charge in [-0.1, -0.05) is 6.07 Å². The van der Waals surface area contributed by atoms with E-state index in [0.717, 1.165) is 10.4 Å². The molecule has 1 atom stereocenters. The van der Waals surface area contributed by atoms with Gasteiger partial charge in [-0.05, 0) is 48.9 Å². The third kappa shape index (κ3) is 3.93. The second-order valence-electron chi connectivity index (χ2n) is 7.17. The molecule has 9 heteroatoms. The van der Waals surface area contributed by atoms with Crippen molar-refractivity contribution in [1.29, 1.82) is 0 Å². The van der Waals surface area contributed by atoms with E-state index in [1.165, 1.54) is 30.6 Å². The molecule has 1 aliphatic heterocycles. The molecular formula is C23H23NO6S2. The highest BCUT2D eigenvalue weighted by atomic mass is 32.2. The Labute approximate surface area is 190 Å². The molecule has 0 aliphatic carbocycles. The van der Waals surface area contributed by atoms with E-state index in [2.05, 4.69) is 5.32 Å². The fourth-order valence-electron chi connectivity index (χ4n) is 3.73. The van der Waals surface area contributed by atoms with Gasteiger partial charge in [0.1, 0.15) is 10.6 Å². The molecule has 168 valence electrons. The van der Waals surface area contributed by atoms with E-state index < -0.39 is 9.84 Å². The van der Waals surface area contributed by atoms with Gasteiger partial charge >= 0.3 is 0 Å². The predicted molar refractivity (Wildman–Crippen MR) is 122 cm³/mol. The topological polar surface area (TPSA) is 90.9 Å². The van der Waals surface area contributed by atoms with Crippen LogP contribution in [0.15, 0.2) is 57.6 Å². The molecule has 32 heavy (non-hydrogen) atoms. The molecule has 1 unspecified atom stereocenters. The minimum Gasteiger partial charge on any atom is -0.497 e. The summed E-state index contributed by atoms with van der Waals surface area (Å²) < 4.78 is 42.8. The average Bonchev–Trinajstić information content (AvgIpc) is 3.23. The Kier molecular flexibility index (Phi) is 6.12. The van der Waals surface area contributed by atoms with Crippen LogP contribution in [0.3, 0.4) is 0 Å². The van der Waals surface area contributed by atoms with Crippen LogP contribution in [0.2, 0.25) is 0 Å². The van der Waals surface area contributed by atoms with Crippen molar-refractivity contribution in [1.82, 2.24) is 0 Å². The Hall–Kier alpha value is -3.04. The summed E-state index contributed by atoms with van der Waals surface area (Å²) >= 11 is 1.32. The maximum atomic E-state index is 13.3. The van der Waals surface area contributed by atoms with Crippen molar-refractivity contribution in [2.75, 3.05) is 26.1 Å². The van der Waals surface area contributed by atoms with Crippen LogP contribution in [0.1, 0.15) is 29.7 Å². The largest absolute Gasteiger partial charge is 0.497 e. The number of methoxy groups -OCH3 is 2. The van der Waals surface area contributed by atoms with E-state index >= 15 is 0 Å². The van der Waals surface area contributed by atoms with Gasteiger partial charge in [-0.3, -0.25) is 4.79 Å². The van der Waals surface area contributed by atoms with Crippen molar-refractivity contribution in [3.8, 4) is 17.2 Å². The summed E-state index contributed by atoms with van der Waals surface area (Å²) in [7, 11) is -0.736. The molecule has 0 saturated carbocycles. The summed E-state index contributed by atoms with van der Waals surface area (Å²) in [5, 5.41) is 4.37. The summed E-state index contributed by atoms with van der Waals surface area (Å²) in [4.78, 5) is 13.6. The van der Waals surface area contributed by atoms with Gasteiger partial charge in [0.05, 0.1) is 31.4 Å². The van der Waals surface area contributed by atoms with Crippen molar-refractivity contribution in [2.45, 2.75) is 29.1 Å². The first-order valence-electron chi connectivity index (χ1n) is 10.00. The summed E-state index contributed by atoms with van der Waals surface area (Å²) in [5.74, 6) is 1.23. The zero-order valence-electron chi connectivity index (χ0n) is 17.9. The predicted octanol–water partition coefficient (Wildman–Crippen LogP) is 4.47. The minimum absolute atomic E-state index is 0.0965. The molecule has 0 bridgehead atoms. The average molecular weight is 474 g/mol. The Morgan fingerprint density at radius 2 is 1.81 bits per heavy atom. The molecular weight excluding hydrogens is 450 g/mol. The lowest BCUT2D eigenvalue weighted by Gasteiger charge is -2.24. The molecule has 1 aliphatic rings. The molecule has 7 nitrogen and oxygen atoms in total. The van der Waals surface area contributed by atoms with E-state index in [9.17, 15) is 13.2 Å². The quantitative estimate of drug-likeness (QED) is 0.544. The first kappa shape index (κ1) is 22.2. The third-order valence-corrected chi connectivity index (χ3v) is 8.34. The van der Waals surface area contributed by atoms with Gasteiger partial charge in [-0.2, -0.15) is 0 Å². The molecule has 2 aromatic carbocycles. The van der Waals surface area contributed by atoms with Crippen molar-refractivity contribution in [2.24, 2.45) is 0 Å². The fraction of sp³-hybridized carbons (Fsp3) is 0.261. The second-order valence-corrected chi connectivity index (χ2v) is 10.00. The SMILES string of the molecule is CCOc1cc(C2CC(=O)Nc3c(S(=O)(=O)c4ccc(OC)cc4)csc32)ccc1OC. The van der Waals surface area contributed by atoms with Crippen molar-refractivity contribution in [3.63, 3.8) is 0 Å². The van der Waals surface area contributed by atoms with E-state index in [4.69, 9.17) is 14.2 Å². The Morgan fingerprint density at radius 3 is 2.47 bits per heavy atom. The minimum atomic E-state index is -3.82. The molecule has 0 fully saturated rings. The van der Waals surface area contributed by atoms with Crippen molar-refractivity contribution < 1.29 is 27.4 Å². The number of nitrogens with one attached hydrogen (secondary N) is 1. The fourth-order valence-corrected chi connectivity index (χ4v) is 6.64. The number of fused-ring (bicyclic) bond motifs is 1. The summed E-state index contributed by atoms with van der Waals surface area (Å²) in [6.45, 7) is 2.35. The number of rotatable bonds is 7. The van der Waals surface area contributed by atoms with Crippen LogP contribution < -0.4 is 19.5 Å². The first-order chi connectivity index (χ1) is 15.4. The summed E-state index contributed by atoms with van der Waals surface area (Å²) in [5.41, 5.74) is 1.21. The van der Waals surface area contributed by atoms with Crippen LogP contribution in [-0.4, -0.2) is 35.2 Å². The van der Waals surface area contributed by atoms with Gasteiger partial charge in [0, 0.05) is 22.6 Å². The number of sulfone groups is 1. The highest BCUT2D eigenvalue weighted by molar-refractivity contribution is 7.91. The lowest BCUT2D eigenvalue weighted by molar-refractivity contribution is -0.116. The number of hydrogen-bond donors (Lipinski definition) is 1. The van der Waals surface area contributed by atoms with Crippen molar-refractivity contribution >= 4 is 32.8 Å². The second kappa shape index (κ2) is 8.84. The number of anilines is 1. The zero-order chi connectivity index (χ0) is 22.9. The standard InChI is InChI=1S/C23H23NO6S2/c1-4-30-19-11-14(5-10-18(19)29-3)17-12-21(25)24-22-20(13-31-23(17)22)32(26,27)16-8-6-15(28-2)7-9-16/h5-11,13,17H,4,12H2,1-3H3,(H,24,25). The summed E-state index contributed by atoms with van der Waals surface area (Å²) in [6, 6.07) is 11.7. The number of thiophene rings is 1. The van der Waals surface area contributed by atoms with Crippen LogP contribution in [0.25, 0.3) is 0 Å². The van der Waals surface area contributed by atoms with Gasteiger partial charge in [0.15, 0.2) is 11.5 Å². The Balaban J connectivity index is 1.77. The summed E-state index contributed by atoms with van der Waals surface area (Å²) in [6.07, 6.45) is 0.216. The van der Waals surface area contributed by atoms with E-state index in [1.54, 1.807) is 30.7 Å². The number of carbonyl (C=O) groups is 1. The van der Waals surface area contributed by atoms with Gasteiger partial charge in [-0.15, -0.1) is 11.3 Å². The molecule has 0 spiro atoms. The van der Waals surface area contributed by atoms with E-state index in [0.29, 0.717) is 29.5 Å². The number of hydrogen-bond acceptors (Lipinski definition) is 7. The number of amides is 1. The molecule has 1 N–H and O–H groups in total. The molecule has 0 radical (unpaired) electrons. The zero-order valence-corrected chi connectivity index (χ0v) is 19.5. The number of benzene rings is 2. The maximum absolute atomic E-state index is 13.3. The van der Waals surface area contributed by atoms with Crippen LogP contribution in [0.5, 0.6) is 17.2 Å². The Bertz CT molecular complexity index is 1250. The number of ether oxygens (including phenoxy) is 3. The molecule has 1 aromatic heterocycles. The lowest BCUT2D eigenvalue weighted by Crippen LogP contribution is -2.23. The highest BCUT2D eigenvalue weighted by Crippen LogP contribution is 2.47. The van der Waals surface area contributed by atoms with E-state index in [-0.39, 0.29) is 28.0 Å². The molecule has 1 amide bonds. The monoisotopic (exact) mass is 473 g/mol. The van der Waals surface area contributed by atoms with Crippen molar-refractivity contribution in [3.05, 3.63) is 58.3 Å². The molecule has 4 rings (SSSR count). The first-order valence-corrected chi connectivity index (χ1v) is 12.4. The van der Waals surface area contributed by atoms with Gasteiger partial charge in [0.25, 0.3) is 0 Å². The van der Waals surface area contributed by atoms with Crippen LogP contribution in [0, 0.1) is 0 Å². The smallest absolute Gasteiger partial charge is 0.225 e. The van der Waals surface area contributed by atoms with E-state index in [1.807, 2.05) is 19.1 Å². The molecule has 3 aromatic rings. The Morgan fingerprint density at radius 1 is 1.06 bits per heavy atom.